The van der Waals surface area contributed by atoms with E-state index in [1.807, 2.05) is 4.90 Å². The van der Waals surface area contributed by atoms with Gasteiger partial charge in [0.05, 0.1) is 18.1 Å². The number of halogens is 3. The van der Waals surface area contributed by atoms with Crippen molar-refractivity contribution in [2.75, 3.05) is 45.9 Å². The molecule has 8 heteroatoms. The SMILES string of the molecule is Cl.O=C(CCOc1ccc(Cl)cc1Cl)N1CCC(N2CCNCC2)C1. The number of carbonyl (C=O) groups is 1. The van der Waals surface area contributed by atoms with Crippen molar-refractivity contribution in [2.24, 2.45) is 0 Å². The first kappa shape index (κ1) is 20.6. The maximum absolute atomic E-state index is 12.4. The van der Waals surface area contributed by atoms with E-state index in [4.69, 9.17) is 27.9 Å². The molecule has 1 aromatic carbocycles. The summed E-state index contributed by atoms with van der Waals surface area (Å²) in [4.78, 5) is 16.8. The van der Waals surface area contributed by atoms with Gasteiger partial charge in [-0.2, -0.15) is 0 Å². The van der Waals surface area contributed by atoms with Gasteiger partial charge in [-0.1, -0.05) is 23.2 Å². The van der Waals surface area contributed by atoms with Gasteiger partial charge in [0, 0.05) is 50.3 Å². The van der Waals surface area contributed by atoms with Gasteiger partial charge in [-0.25, -0.2) is 0 Å². The summed E-state index contributed by atoms with van der Waals surface area (Å²) >= 11 is 11.9. The lowest BCUT2D eigenvalue weighted by molar-refractivity contribution is -0.130. The predicted molar refractivity (Wildman–Crippen MR) is 103 cm³/mol. The Bertz CT molecular complexity index is 582. The fraction of sp³-hybridized carbons (Fsp3) is 0.588. The van der Waals surface area contributed by atoms with E-state index in [-0.39, 0.29) is 18.3 Å². The molecule has 140 valence electrons. The van der Waals surface area contributed by atoms with Crippen LogP contribution in [0.3, 0.4) is 0 Å². The average Bonchev–Trinajstić information content (AvgIpc) is 3.08. The smallest absolute Gasteiger partial charge is 0.226 e. The molecule has 0 bridgehead atoms. The second-order valence-corrected chi connectivity index (χ2v) is 7.09. The van der Waals surface area contributed by atoms with Crippen LogP contribution in [0.4, 0.5) is 0 Å². The number of ether oxygens (including phenoxy) is 1. The van der Waals surface area contributed by atoms with E-state index in [0.29, 0.717) is 34.9 Å². The highest BCUT2D eigenvalue weighted by molar-refractivity contribution is 6.35. The second kappa shape index (κ2) is 9.83. The Balaban J connectivity index is 0.00000225. The second-order valence-electron chi connectivity index (χ2n) is 6.24. The topological polar surface area (TPSA) is 44.8 Å². The van der Waals surface area contributed by atoms with Gasteiger partial charge in [0.2, 0.25) is 5.91 Å². The number of benzene rings is 1. The van der Waals surface area contributed by atoms with Crippen LogP contribution in [0.25, 0.3) is 0 Å². The van der Waals surface area contributed by atoms with Crippen molar-refractivity contribution in [2.45, 2.75) is 18.9 Å². The van der Waals surface area contributed by atoms with E-state index in [1.54, 1.807) is 18.2 Å². The van der Waals surface area contributed by atoms with Crippen molar-refractivity contribution < 1.29 is 9.53 Å². The largest absolute Gasteiger partial charge is 0.491 e. The first-order valence-electron chi connectivity index (χ1n) is 8.44. The van der Waals surface area contributed by atoms with Gasteiger partial charge in [0.15, 0.2) is 0 Å². The van der Waals surface area contributed by atoms with Crippen LogP contribution in [0.1, 0.15) is 12.8 Å². The molecule has 1 atom stereocenters. The molecule has 0 aliphatic carbocycles. The molecule has 1 amide bonds. The third-order valence-corrected chi connectivity index (χ3v) is 5.18. The lowest BCUT2D eigenvalue weighted by Crippen LogP contribution is -2.49. The van der Waals surface area contributed by atoms with E-state index < -0.39 is 0 Å². The minimum absolute atomic E-state index is 0. The normalized spacial score (nSPS) is 21.0. The molecule has 1 N–H and O–H groups in total. The summed E-state index contributed by atoms with van der Waals surface area (Å²) in [7, 11) is 0. The highest BCUT2D eigenvalue weighted by atomic mass is 35.5. The summed E-state index contributed by atoms with van der Waals surface area (Å²) in [6.07, 6.45) is 1.43. The molecular weight excluding hydrogens is 385 g/mol. The molecule has 3 rings (SSSR count). The fourth-order valence-electron chi connectivity index (χ4n) is 3.31. The van der Waals surface area contributed by atoms with Crippen LogP contribution < -0.4 is 10.1 Å². The molecule has 2 aliphatic heterocycles. The van der Waals surface area contributed by atoms with Crippen LogP contribution in [-0.4, -0.2) is 67.6 Å². The lowest BCUT2D eigenvalue weighted by atomic mass is 10.2. The number of nitrogens with one attached hydrogen (secondary N) is 1. The van der Waals surface area contributed by atoms with Crippen LogP contribution in [0.2, 0.25) is 10.0 Å². The zero-order valence-electron chi connectivity index (χ0n) is 14.0. The zero-order valence-corrected chi connectivity index (χ0v) is 16.4. The molecule has 0 saturated carbocycles. The fourth-order valence-corrected chi connectivity index (χ4v) is 3.78. The third-order valence-electron chi connectivity index (χ3n) is 4.65. The number of nitrogens with zero attached hydrogens (tertiary/aromatic N) is 2. The van der Waals surface area contributed by atoms with Crippen LogP contribution in [-0.2, 0) is 4.79 Å². The molecular formula is C17H24Cl3N3O2. The number of carbonyl (C=O) groups excluding carboxylic acids is 1. The van der Waals surface area contributed by atoms with Gasteiger partial charge < -0.3 is 15.0 Å². The molecule has 1 aromatic rings. The lowest BCUT2D eigenvalue weighted by Gasteiger charge is -2.32. The summed E-state index contributed by atoms with van der Waals surface area (Å²) in [6, 6.07) is 5.59. The van der Waals surface area contributed by atoms with Crippen molar-refractivity contribution in [1.82, 2.24) is 15.1 Å². The maximum atomic E-state index is 12.4. The van der Waals surface area contributed by atoms with Crippen LogP contribution in [0, 0.1) is 0 Å². The molecule has 0 radical (unpaired) electrons. The molecule has 0 aromatic heterocycles. The Morgan fingerprint density at radius 1 is 1.24 bits per heavy atom. The molecule has 25 heavy (non-hydrogen) atoms. The van der Waals surface area contributed by atoms with Crippen molar-refractivity contribution in [1.29, 1.82) is 0 Å². The van der Waals surface area contributed by atoms with Gasteiger partial charge >= 0.3 is 0 Å². The number of hydrogen-bond acceptors (Lipinski definition) is 4. The average molecular weight is 409 g/mol. The summed E-state index contributed by atoms with van der Waals surface area (Å²) < 4.78 is 5.61. The number of amides is 1. The Morgan fingerprint density at radius 3 is 2.72 bits per heavy atom. The molecule has 2 aliphatic rings. The highest BCUT2D eigenvalue weighted by Crippen LogP contribution is 2.27. The maximum Gasteiger partial charge on any atom is 0.226 e. The van der Waals surface area contributed by atoms with Gasteiger partial charge in [-0.05, 0) is 24.6 Å². The van der Waals surface area contributed by atoms with Gasteiger partial charge in [0.1, 0.15) is 5.75 Å². The first-order valence-corrected chi connectivity index (χ1v) is 9.19. The van der Waals surface area contributed by atoms with E-state index in [2.05, 4.69) is 10.2 Å². The quantitative estimate of drug-likeness (QED) is 0.813. The monoisotopic (exact) mass is 407 g/mol. The van der Waals surface area contributed by atoms with E-state index >= 15 is 0 Å². The third kappa shape index (κ3) is 5.63. The first-order chi connectivity index (χ1) is 11.6. The van der Waals surface area contributed by atoms with E-state index in [9.17, 15) is 4.79 Å². The zero-order chi connectivity index (χ0) is 16.9. The summed E-state index contributed by atoms with van der Waals surface area (Å²) in [5, 5.41) is 4.40. The van der Waals surface area contributed by atoms with Crippen LogP contribution in [0.15, 0.2) is 18.2 Å². The molecule has 1 unspecified atom stereocenters. The van der Waals surface area contributed by atoms with Crippen molar-refractivity contribution in [3.8, 4) is 5.75 Å². The minimum atomic E-state index is 0. The van der Waals surface area contributed by atoms with E-state index in [0.717, 1.165) is 45.7 Å². The summed E-state index contributed by atoms with van der Waals surface area (Å²) in [5.74, 6) is 0.715. The van der Waals surface area contributed by atoms with Gasteiger partial charge in [-0.3, -0.25) is 9.69 Å². The number of rotatable bonds is 5. The Labute approximate surface area is 165 Å². The minimum Gasteiger partial charge on any atom is -0.491 e. The molecule has 2 saturated heterocycles. The summed E-state index contributed by atoms with van der Waals surface area (Å²) in [5.41, 5.74) is 0. The Morgan fingerprint density at radius 2 is 2.00 bits per heavy atom. The van der Waals surface area contributed by atoms with Crippen LogP contribution >= 0.6 is 35.6 Å². The predicted octanol–water partition coefficient (Wildman–Crippen LogP) is 2.69. The standard InChI is InChI=1S/C17H23Cl2N3O2.ClH/c18-13-1-2-16(15(19)11-13)24-10-4-17(23)22-7-3-14(12-22)21-8-5-20-6-9-21;/h1-2,11,14,20H,3-10,12H2;1H. The Kier molecular flexibility index (Phi) is 8.10. The molecule has 5 nitrogen and oxygen atoms in total. The molecule has 0 spiro atoms. The molecule has 2 fully saturated rings. The van der Waals surface area contributed by atoms with Crippen molar-refractivity contribution in [3.05, 3.63) is 28.2 Å². The number of hydrogen-bond donors (Lipinski definition) is 1. The highest BCUT2D eigenvalue weighted by Gasteiger charge is 2.30. The van der Waals surface area contributed by atoms with Crippen molar-refractivity contribution in [3.63, 3.8) is 0 Å². The van der Waals surface area contributed by atoms with Crippen LogP contribution in [0.5, 0.6) is 5.75 Å². The Hall–Kier alpha value is -0.720. The van der Waals surface area contributed by atoms with Crippen molar-refractivity contribution >= 4 is 41.5 Å². The van der Waals surface area contributed by atoms with Gasteiger partial charge in [0.25, 0.3) is 0 Å². The number of likely N-dealkylation sites (tertiary alicyclic amines) is 1. The summed E-state index contributed by atoms with van der Waals surface area (Å²) in [6.45, 7) is 6.24. The van der Waals surface area contributed by atoms with Gasteiger partial charge in [-0.15, -0.1) is 12.4 Å². The molecule has 2 heterocycles. The van der Waals surface area contributed by atoms with E-state index in [1.165, 1.54) is 0 Å². The number of piperazine rings is 1.